The van der Waals surface area contributed by atoms with Gasteiger partial charge in [-0.3, -0.25) is 0 Å². The Bertz CT molecular complexity index is 261. The van der Waals surface area contributed by atoms with Crippen molar-refractivity contribution in [1.29, 1.82) is 10.5 Å². The molecule has 2 nitrogen and oxygen atoms in total. The highest BCUT2D eigenvalue weighted by atomic mass is 32.3. The molecule has 0 aliphatic rings. The first kappa shape index (κ1) is 12.2. The lowest BCUT2D eigenvalue weighted by Crippen LogP contribution is -2.34. The maximum Gasteiger partial charge on any atom is 0.152 e. The summed E-state index contributed by atoms with van der Waals surface area (Å²) in [6.07, 6.45) is 1.03. The van der Waals surface area contributed by atoms with E-state index in [1.807, 2.05) is 0 Å². The minimum atomic E-state index is -4.02. The van der Waals surface area contributed by atoms with Crippen molar-refractivity contribution in [3.63, 3.8) is 0 Å². The molecule has 0 radical (unpaired) electrons. The third-order valence-corrected chi connectivity index (χ3v) is 4.06. The summed E-state index contributed by atoms with van der Waals surface area (Å²) >= 11 is 0. The van der Waals surface area contributed by atoms with Crippen molar-refractivity contribution in [3.05, 3.63) is 0 Å². The van der Waals surface area contributed by atoms with Crippen LogP contribution in [-0.4, -0.2) is 11.0 Å². The van der Waals surface area contributed by atoms with Crippen LogP contribution in [0.5, 0.6) is 0 Å². The van der Waals surface area contributed by atoms with Crippen LogP contribution in [0.3, 0.4) is 0 Å². The van der Waals surface area contributed by atoms with Gasteiger partial charge in [-0.1, -0.05) is 6.92 Å². The highest BCUT2D eigenvalue weighted by Gasteiger charge is 2.48. The second-order valence-electron chi connectivity index (χ2n) is 3.03. The lowest BCUT2D eigenvalue weighted by molar-refractivity contribution is 0.516. The predicted molar refractivity (Wildman–Crippen MR) is 49.1 cm³/mol. The number of nitriles is 2. The van der Waals surface area contributed by atoms with Crippen LogP contribution >= 0.6 is 10.8 Å². The zero-order chi connectivity index (χ0) is 10.7. The van der Waals surface area contributed by atoms with Crippen molar-refractivity contribution >= 4 is 10.8 Å². The van der Waals surface area contributed by atoms with Gasteiger partial charge in [0.2, 0.25) is 0 Å². The van der Waals surface area contributed by atoms with Crippen molar-refractivity contribution in [1.82, 2.24) is 0 Å². The van der Waals surface area contributed by atoms with Crippen molar-refractivity contribution in [2.45, 2.75) is 25.0 Å². The van der Waals surface area contributed by atoms with Crippen LogP contribution in [0, 0.1) is 28.6 Å². The standard InChI is InChI=1S/C8H12F2N2S/c1-4-7(5-11)8(2,6-12)13(3,9)10/h7H,4H2,1-3H3. The molecule has 0 heterocycles. The molecule has 13 heavy (non-hydrogen) atoms. The third-order valence-electron chi connectivity index (χ3n) is 2.20. The molecule has 74 valence electrons. The zero-order valence-corrected chi connectivity index (χ0v) is 8.66. The molecule has 0 aliphatic heterocycles. The number of nitrogens with zero attached hydrogens (tertiary/aromatic N) is 2. The number of halogens is 2. The largest absolute Gasteiger partial charge is 0.198 e. The second kappa shape index (κ2) is 3.93. The van der Waals surface area contributed by atoms with Gasteiger partial charge in [-0.25, -0.2) is 0 Å². The first-order valence-corrected chi connectivity index (χ1v) is 5.65. The highest BCUT2D eigenvalue weighted by molar-refractivity contribution is 8.26. The predicted octanol–water partition coefficient (Wildman–Crippen LogP) is 3.02. The van der Waals surface area contributed by atoms with Gasteiger partial charge in [0.1, 0.15) is 0 Å². The van der Waals surface area contributed by atoms with E-state index in [0.717, 1.165) is 6.26 Å². The molecule has 0 aromatic rings. The zero-order valence-electron chi connectivity index (χ0n) is 7.84. The Balaban J connectivity index is 5.10. The van der Waals surface area contributed by atoms with Crippen molar-refractivity contribution in [2.24, 2.45) is 5.92 Å². The fraction of sp³-hybridized carbons (Fsp3) is 0.750. The van der Waals surface area contributed by atoms with Crippen LogP contribution in [-0.2, 0) is 0 Å². The van der Waals surface area contributed by atoms with Crippen molar-refractivity contribution in [3.8, 4) is 12.1 Å². The fourth-order valence-electron chi connectivity index (χ4n) is 1.01. The average molecular weight is 206 g/mol. The molecule has 0 bridgehead atoms. The fourth-order valence-corrected chi connectivity index (χ4v) is 1.89. The smallest absolute Gasteiger partial charge is 0.152 e. The van der Waals surface area contributed by atoms with E-state index < -0.39 is 21.5 Å². The van der Waals surface area contributed by atoms with E-state index in [1.54, 1.807) is 19.1 Å². The molecule has 2 unspecified atom stereocenters. The lowest BCUT2D eigenvalue weighted by Gasteiger charge is -2.34. The minimum absolute atomic E-state index is 0.275. The second-order valence-corrected chi connectivity index (χ2v) is 5.33. The van der Waals surface area contributed by atoms with Crippen molar-refractivity contribution in [2.75, 3.05) is 6.26 Å². The van der Waals surface area contributed by atoms with Crippen molar-refractivity contribution < 1.29 is 7.77 Å². The van der Waals surface area contributed by atoms with Crippen LogP contribution < -0.4 is 0 Å². The summed E-state index contributed by atoms with van der Waals surface area (Å²) < 4.78 is 24.4. The average Bonchev–Trinajstić information content (AvgIpc) is 2.04. The molecule has 0 saturated heterocycles. The molecule has 0 saturated carbocycles. The molecule has 5 heteroatoms. The molecule has 0 aromatic heterocycles. The normalized spacial score (nSPS) is 19.3. The van der Waals surface area contributed by atoms with Crippen LogP contribution in [0.15, 0.2) is 0 Å². The first-order chi connectivity index (χ1) is 5.83. The summed E-state index contributed by atoms with van der Waals surface area (Å²) in [5.41, 5.74) is 0. The molecule has 0 rings (SSSR count). The summed E-state index contributed by atoms with van der Waals surface area (Å²) in [5, 5.41) is 17.3. The maximum atomic E-state index is 13.1. The molecule has 0 amide bonds. The van der Waals surface area contributed by atoms with E-state index in [4.69, 9.17) is 10.5 Å². The molecular weight excluding hydrogens is 194 g/mol. The van der Waals surface area contributed by atoms with E-state index in [-0.39, 0.29) is 6.42 Å². The van der Waals surface area contributed by atoms with Gasteiger partial charge in [-0.15, -0.1) is 0 Å². The SMILES string of the molecule is CCC(C#N)C(C)(C#N)S(C)(F)F. The topological polar surface area (TPSA) is 47.6 Å². The summed E-state index contributed by atoms with van der Waals surface area (Å²) in [7, 11) is -4.02. The van der Waals surface area contributed by atoms with E-state index >= 15 is 0 Å². The Hall–Kier alpha value is -0.810. The quantitative estimate of drug-likeness (QED) is 0.712. The van der Waals surface area contributed by atoms with Crippen LogP contribution in [0.2, 0.25) is 0 Å². The summed E-state index contributed by atoms with van der Waals surface area (Å²) in [4.78, 5) is 0. The Kier molecular flexibility index (Phi) is 3.69. The Morgan fingerprint density at radius 2 is 1.92 bits per heavy atom. The molecule has 0 aliphatic carbocycles. The first-order valence-electron chi connectivity index (χ1n) is 3.81. The summed E-state index contributed by atoms with van der Waals surface area (Å²) in [5.74, 6) is -0.896. The molecule has 0 aromatic carbocycles. The van der Waals surface area contributed by atoms with Crippen LogP contribution in [0.4, 0.5) is 7.77 Å². The molecule has 2 atom stereocenters. The highest BCUT2D eigenvalue weighted by Crippen LogP contribution is 2.62. The van der Waals surface area contributed by atoms with E-state index in [1.165, 1.54) is 6.92 Å². The van der Waals surface area contributed by atoms with Gasteiger partial charge in [-0.2, -0.15) is 18.3 Å². The van der Waals surface area contributed by atoms with E-state index in [0.29, 0.717) is 0 Å². The molecular formula is C8H12F2N2S. The van der Waals surface area contributed by atoms with Gasteiger partial charge in [0.25, 0.3) is 0 Å². The van der Waals surface area contributed by atoms with Gasteiger partial charge in [-0.05, 0) is 13.3 Å². The number of hydrogen-bond acceptors (Lipinski definition) is 2. The third kappa shape index (κ3) is 2.10. The van der Waals surface area contributed by atoms with Gasteiger partial charge in [0.05, 0.1) is 28.9 Å². The number of rotatable bonds is 3. The van der Waals surface area contributed by atoms with E-state index in [2.05, 4.69) is 0 Å². The Morgan fingerprint density at radius 1 is 1.46 bits per heavy atom. The summed E-state index contributed by atoms with van der Waals surface area (Å²) in [6.45, 7) is 2.80. The van der Waals surface area contributed by atoms with Crippen LogP contribution in [0.25, 0.3) is 0 Å². The van der Waals surface area contributed by atoms with Gasteiger partial charge >= 0.3 is 0 Å². The minimum Gasteiger partial charge on any atom is -0.198 e. The molecule has 0 spiro atoms. The monoisotopic (exact) mass is 206 g/mol. The Labute approximate surface area is 79.1 Å². The van der Waals surface area contributed by atoms with E-state index in [9.17, 15) is 7.77 Å². The lowest BCUT2D eigenvalue weighted by atomic mass is 9.93. The molecule has 0 N–H and O–H groups in total. The number of hydrogen-bond donors (Lipinski definition) is 0. The van der Waals surface area contributed by atoms with Gasteiger partial charge in [0.15, 0.2) is 4.75 Å². The molecule has 0 fully saturated rings. The van der Waals surface area contributed by atoms with Crippen LogP contribution in [0.1, 0.15) is 20.3 Å². The summed E-state index contributed by atoms with van der Waals surface area (Å²) in [6, 6.07) is 3.35. The van der Waals surface area contributed by atoms with Gasteiger partial charge in [0, 0.05) is 6.26 Å². The maximum absolute atomic E-state index is 13.1. The Morgan fingerprint density at radius 3 is 2.00 bits per heavy atom. The van der Waals surface area contributed by atoms with Gasteiger partial charge < -0.3 is 0 Å².